The summed E-state index contributed by atoms with van der Waals surface area (Å²) < 4.78 is 30.5. The van der Waals surface area contributed by atoms with Crippen LogP contribution < -0.4 is 11.1 Å². The molecule has 0 saturated heterocycles. The standard InChI is InChI=1S/C18H15BrF2N4O/c1-10-23-4-5-25(10)16-3-2-11(6-13(16)20)9-24-15-8-12(19)7-14(21)17(15)18(22)26/h2-8,24H,9H2,1H3,(H2,22,26). The third-order valence-corrected chi connectivity index (χ3v) is 4.34. The first-order valence-electron chi connectivity index (χ1n) is 7.68. The summed E-state index contributed by atoms with van der Waals surface area (Å²) in [5, 5.41) is 2.93. The largest absolute Gasteiger partial charge is 0.380 e. The number of primary amides is 1. The number of amides is 1. The molecule has 26 heavy (non-hydrogen) atoms. The maximum atomic E-state index is 14.4. The van der Waals surface area contributed by atoms with E-state index in [1.165, 1.54) is 6.07 Å². The molecular weight excluding hydrogens is 406 g/mol. The molecule has 1 heterocycles. The average Bonchev–Trinajstić information content (AvgIpc) is 2.98. The zero-order valence-electron chi connectivity index (χ0n) is 13.8. The molecule has 3 N–H and O–H groups in total. The van der Waals surface area contributed by atoms with Gasteiger partial charge in [0.25, 0.3) is 5.91 Å². The van der Waals surface area contributed by atoms with Crippen molar-refractivity contribution >= 4 is 27.5 Å². The molecule has 3 rings (SSSR count). The van der Waals surface area contributed by atoms with E-state index < -0.39 is 17.5 Å². The maximum absolute atomic E-state index is 14.4. The van der Waals surface area contributed by atoms with E-state index in [0.717, 1.165) is 6.07 Å². The number of anilines is 1. The van der Waals surface area contributed by atoms with Crippen molar-refractivity contribution < 1.29 is 13.6 Å². The van der Waals surface area contributed by atoms with Crippen molar-refractivity contribution in [1.29, 1.82) is 0 Å². The molecule has 8 heteroatoms. The lowest BCUT2D eigenvalue weighted by Gasteiger charge is -2.13. The van der Waals surface area contributed by atoms with Crippen LogP contribution in [0.2, 0.25) is 0 Å². The van der Waals surface area contributed by atoms with Gasteiger partial charge < -0.3 is 15.6 Å². The van der Waals surface area contributed by atoms with Crippen LogP contribution in [-0.4, -0.2) is 15.5 Å². The molecule has 0 unspecified atom stereocenters. The molecule has 3 aromatic rings. The van der Waals surface area contributed by atoms with Crippen LogP contribution in [0.4, 0.5) is 14.5 Å². The van der Waals surface area contributed by atoms with Crippen molar-refractivity contribution in [1.82, 2.24) is 9.55 Å². The van der Waals surface area contributed by atoms with Gasteiger partial charge in [0, 0.05) is 23.4 Å². The Morgan fingerprint density at radius 3 is 2.65 bits per heavy atom. The van der Waals surface area contributed by atoms with E-state index in [9.17, 15) is 13.6 Å². The van der Waals surface area contributed by atoms with Crippen molar-refractivity contribution in [2.24, 2.45) is 5.73 Å². The Bertz CT molecular complexity index is 987. The second-order valence-electron chi connectivity index (χ2n) is 5.66. The fraction of sp³-hybridized carbons (Fsp3) is 0.111. The third kappa shape index (κ3) is 3.60. The minimum absolute atomic E-state index is 0.191. The predicted octanol–water partition coefficient (Wildman–Crippen LogP) is 3.93. The van der Waals surface area contributed by atoms with E-state index in [1.807, 2.05) is 0 Å². The highest BCUT2D eigenvalue weighted by Crippen LogP contribution is 2.25. The number of nitrogens with one attached hydrogen (secondary N) is 1. The summed E-state index contributed by atoms with van der Waals surface area (Å²) in [7, 11) is 0. The molecule has 1 aromatic heterocycles. The summed E-state index contributed by atoms with van der Waals surface area (Å²) in [6, 6.07) is 7.46. The highest BCUT2D eigenvalue weighted by molar-refractivity contribution is 9.10. The molecule has 1 amide bonds. The SMILES string of the molecule is Cc1nccn1-c1ccc(CNc2cc(Br)cc(F)c2C(N)=O)cc1F. The number of nitrogens with zero attached hydrogens (tertiary/aromatic N) is 2. The first kappa shape index (κ1) is 18.1. The van der Waals surface area contributed by atoms with Gasteiger partial charge in [-0.05, 0) is 36.8 Å². The van der Waals surface area contributed by atoms with E-state index in [1.54, 1.807) is 42.1 Å². The van der Waals surface area contributed by atoms with Crippen molar-refractivity contribution in [3.05, 3.63) is 75.8 Å². The number of benzene rings is 2. The van der Waals surface area contributed by atoms with E-state index >= 15 is 0 Å². The molecule has 5 nitrogen and oxygen atoms in total. The number of carbonyl (C=O) groups is 1. The second-order valence-corrected chi connectivity index (χ2v) is 6.57. The Balaban J connectivity index is 1.84. The van der Waals surface area contributed by atoms with Gasteiger partial charge in [0.1, 0.15) is 17.5 Å². The monoisotopic (exact) mass is 420 g/mol. The van der Waals surface area contributed by atoms with Crippen molar-refractivity contribution in [3.63, 3.8) is 0 Å². The van der Waals surface area contributed by atoms with E-state index in [2.05, 4.69) is 26.2 Å². The lowest BCUT2D eigenvalue weighted by atomic mass is 10.1. The van der Waals surface area contributed by atoms with Gasteiger partial charge in [0.15, 0.2) is 0 Å². The molecule has 0 aliphatic heterocycles. The molecule has 0 atom stereocenters. The number of imidazole rings is 1. The van der Waals surface area contributed by atoms with Crippen LogP contribution in [0.1, 0.15) is 21.7 Å². The number of aromatic nitrogens is 2. The summed E-state index contributed by atoms with van der Waals surface area (Å²) in [4.78, 5) is 15.6. The second kappa shape index (κ2) is 7.25. The molecule has 0 saturated carbocycles. The predicted molar refractivity (Wildman–Crippen MR) is 98.2 cm³/mol. The molecule has 0 bridgehead atoms. The fourth-order valence-electron chi connectivity index (χ4n) is 2.65. The molecular formula is C18H15BrF2N4O. The average molecular weight is 421 g/mol. The Hall–Kier alpha value is -2.74. The van der Waals surface area contributed by atoms with Crippen LogP contribution >= 0.6 is 15.9 Å². The van der Waals surface area contributed by atoms with Crippen LogP contribution in [0, 0.1) is 18.6 Å². The molecule has 0 aliphatic carbocycles. The van der Waals surface area contributed by atoms with E-state index in [0.29, 0.717) is 21.5 Å². The lowest BCUT2D eigenvalue weighted by Crippen LogP contribution is -2.16. The van der Waals surface area contributed by atoms with E-state index in [-0.39, 0.29) is 17.8 Å². The summed E-state index contributed by atoms with van der Waals surface area (Å²) in [6.07, 6.45) is 3.27. The molecule has 134 valence electrons. The highest BCUT2D eigenvalue weighted by Gasteiger charge is 2.16. The zero-order chi connectivity index (χ0) is 18.8. The van der Waals surface area contributed by atoms with Crippen molar-refractivity contribution in [3.8, 4) is 5.69 Å². The molecule has 0 fully saturated rings. The Kier molecular flexibility index (Phi) is 5.03. The zero-order valence-corrected chi connectivity index (χ0v) is 15.3. The number of hydrogen-bond donors (Lipinski definition) is 2. The number of hydrogen-bond acceptors (Lipinski definition) is 3. The Labute approximate surface area is 157 Å². The fourth-order valence-corrected chi connectivity index (χ4v) is 3.08. The van der Waals surface area contributed by atoms with E-state index in [4.69, 9.17) is 5.73 Å². The summed E-state index contributed by atoms with van der Waals surface area (Å²) >= 11 is 3.17. The Morgan fingerprint density at radius 1 is 1.27 bits per heavy atom. The quantitative estimate of drug-likeness (QED) is 0.656. The van der Waals surface area contributed by atoms with Gasteiger partial charge in [-0.15, -0.1) is 0 Å². The number of nitrogens with two attached hydrogens (primary N) is 1. The lowest BCUT2D eigenvalue weighted by molar-refractivity contribution is 0.0997. The van der Waals surface area contributed by atoms with Gasteiger partial charge in [0.05, 0.1) is 16.9 Å². The first-order chi connectivity index (χ1) is 12.4. The van der Waals surface area contributed by atoms with Crippen LogP contribution in [0.5, 0.6) is 0 Å². The first-order valence-corrected chi connectivity index (χ1v) is 8.47. The van der Waals surface area contributed by atoms with Gasteiger partial charge in [-0.1, -0.05) is 22.0 Å². The number of aryl methyl sites for hydroxylation is 1. The number of rotatable bonds is 5. The van der Waals surface area contributed by atoms with Gasteiger partial charge in [-0.3, -0.25) is 4.79 Å². The third-order valence-electron chi connectivity index (χ3n) is 3.88. The molecule has 0 aliphatic rings. The normalized spacial score (nSPS) is 10.8. The van der Waals surface area contributed by atoms with Crippen LogP contribution in [0.15, 0.2) is 47.2 Å². The summed E-state index contributed by atoms with van der Waals surface area (Å²) in [6.45, 7) is 1.97. The number of carbonyl (C=O) groups excluding carboxylic acids is 1. The molecule has 0 spiro atoms. The number of halogens is 3. The van der Waals surface area contributed by atoms with Gasteiger partial charge in [0.2, 0.25) is 0 Å². The highest BCUT2D eigenvalue weighted by atomic mass is 79.9. The van der Waals surface area contributed by atoms with Crippen molar-refractivity contribution in [2.45, 2.75) is 13.5 Å². The molecule has 0 radical (unpaired) electrons. The topological polar surface area (TPSA) is 72.9 Å². The van der Waals surface area contributed by atoms with Crippen LogP contribution in [0.3, 0.4) is 0 Å². The molecule has 2 aromatic carbocycles. The van der Waals surface area contributed by atoms with Crippen LogP contribution in [-0.2, 0) is 6.54 Å². The van der Waals surface area contributed by atoms with Gasteiger partial charge >= 0.3 is 0 Å². The smallest absolute Gasteiger partial charge is 0.253 e. The van der Waals surface area contributed by atoms with Gasteiger partial charge in [-0.25, -0.2) is 13.8 Å². The van der Waals surface area contributed by atoms with Crippen LogP contribution in [0.25, 0.3) is 5.69 Å². The minimum Gasteiger partial charge on any atom is -0.380 e. The summed E-state index contributed by atoms with van der Waals surface area (Å²) in [5.74, 6) is -1.35. The Morgan fingerprint density at radius 2 is 2.04 bits per heavy atom. The van der Waals surface area contributed by atoms with Crippen molar-refractivity contribution in [2.75, 3.05) is 5.32 Å². The summed E-state index contributed by atoms with van der Waals surface area (Å²) in [5.41, 5.74) is 6.25. The maximum Gasteiger partial charge on any atom is 0.253 e. The minimum atomic E-state index is -0.880. The van der Waals surface area contributed by atoms with Gasteiger partial charge in [-0.2, -0.15) is 0 Å².